The van der Waals surface area contributed by atoms with E-state index >= 15 is 0 Å². The summed E-state index contributed by atoms with van der Waals surface area (Å²) >= 11 is 1.45. The summed E-state index contributed by atoms with van der Waals surface area (Å²) in [5, 5.41) is 3.64. The van der Waals surface area contributed by atoms with E-state index in [-0.39, 0.29) is 18.1 Å². The number of carbonyl (C=O) groups is 1. The molecule has 0 aliphatic carbocycles. The lowest BCUT2D eigenvalue weighted by Gasteiger charge is -2.06. The molecule has 4 nitrogen and oxygen atoms in total. The van der Waals surface area contributed by atoms with Gasteiger partial charge in [0.2, 0.25) is 5.91 Å². The number of hydrogen-bond donors (Lipinski definition) is 1. The van der Waals surface area contributed by atoms with E-state index in [1.54, 1.807) is 25.3 Å². The third-order valence-electron chi connectivity index (χ3n) is 3.66. The van der Waals surface area contributed by atoms with Crippen molar-refractivity contribution in [2.24, 2.45) is 0 Å². The van der Waals surface area contributed by atoms with Crippen molar-refractivity contribution in [1.29, 1.82) is 0 Å². The highest BCUT2D eigenvalue weighted by atomic mass is 32.1. The van der Waals surface area contributed by atoms with Crippen LogP contribution in [0.1, 0.15) is 10.6 Å². The van der Waals surface area contributed by atoms with E-state index in [4.69, 9.17) is 4.74 Å². The van der Waals surface area contributed by atoms with Crippen LogP contribution in [0.2, 0.25) is 0 Å². The molecule has 1 amide bonds. The molecule has 0 unspecified atom stereocenters. The molecule has 0 bridgehead atoms. The minimum atomic E-state index is -0.282. The number of hydrogen-bond acceptors (Lipinski definition) is 4. The molecule has 1 N–H and O–H groups in total. The lowest BCUT2D eigenvalue weighted by molar-refractivity contribution is -0.115. The molecule has 1 heterocycles. The number of benzene rings is 2. The summed E-state index contributed by atoms with van der Waals surface area (Å²) in [7, 11) is 1.58. The highest BCUT2D eigenvalue weighted by Crippen LogP contribution is 2.28. The largest absolute Gasteiger partial charge is 0.497 e. The molecule has 0 radical (unpaired) electrons. The molecular formula is C19H17FN2O2S. The maximum atomic E-state index is 13.0. The number of rotatable bonds is 5. The van der Waals surface area contributed by atoms with Gasteiger partial charge in [0.1, 0.15) is 16.6 Å². The Labute approximate surface area is 149 Å². The van der Waals surface area contributed by atoms with Gasteiger partial charge in [-0.05, 0) is 43.3 Å². The zero-order valence-electron chi connectivity index (χ0n) is 13.9. The minimum absolute atomic E-state index is 0.120. The zero-order valence-corrected chi connectivity index (χ0v) is 14.7. The van der Waals surface area contributed by atoms with E-state index in [2.05, 4.69) is 10.3 Å². The Morgan fingerprint density at radius 1 is 1.24 bits per heavy atom. The van der Waals surface area contributed by atoms with Crippen molar-refractivity contribution in [3.8, 4) is 16.3 Å². The summed E-state index contributed by atoms with van der Waals surface area (Å²) in [5.41, 5.74) is 2.34. The first-order valence-electron chi connectivity index (χ1n) is 7.71. The maximum absolute atomic E-state index is 13.0. The first-order chi connectivity index (χ1) is 12.0. The topological polar surface area (TPSA) is 51.2 Å². The van der Waals surface area contributed by atoms with Crippen LogP contribution in [-0.2, 0) is 11.2 Å². The maximum Gasteiger partial charge on any atom is 0.229 e. The van der Waals surface area contributed by atoms with E-state index in [0.29, 0.717) is 11.4 Å². The monoisotopic (exact) mass is 356 g/mol. The second-order valence-corrected chi connectivity index (χ2v) is 6.58. The fourth-order valence-electron chi connectivity index (χ4n) is 2.36. The predicted octanol–water partition coefficient (Wildman–Crippen LogP) is 4.45. The van der Waals surface area contributed by atoms with Crippen molar-refractivity contribution in [2.75, 3.05) is 12.4 Å². The molecule has 2 aromatic carbocycles. The van der Waals surface area contributed by atoms with Crippen LogP contribution in [0.4, 0.5) is 10.1 Å². The van der Waals surface area contributed by atoms with E-state index in [1.807, 2.05) is 25.1 Å². The van der Waals surface area contributed by atoms with Crippen LogP contribution in [0.3, 0.4) is 0 Å². The molecule has 0 aliphatic rings. The second-order valence-electron chi connectivity index (χ2n) is 5.49. The third-order valence-corrected chi connectivity index (χ3v) is 4.86. The standard InChI is InChI=1S/C19H17FN2O2S/c1-12-17(25-19(21-12)13-6-8-14(20)9-7-13)11-18(23)22-15-4-3-5-16(10-15)24-2/h3-10H,11H2,1-2H3,(H,22,23). The van der Waals surface area contributed by atoms with Crippen molar-refractivity contribution in [3.63, 3.8) is 0 Å². The first-order valence-corrected chi connectivity index (χ1v) is 8.53. The van der Waals surface area contributed by atoms with Crippen LogP contribution < -0.4 is 10.1 Å². The summed E-state index contributed by atoms with van der Waals surface area (Å²) in [6.45, 7) is 1.87. The molecular weight excluding hydrogens is 339 g/mol. The number of aryl methyl sites for hydroxylation is 1. The molecule has 1 aromatic heterocycles. The molecule has 0 atom stereocenters. The van der Waals surface area contributed by atoms with Gasteiger partial charge in [0.15, 0.2) is 0 Å². The quantitative estimate of drug-likeness (QED) is 0.735. The fourth-order valence-corrected chi connectivity index (χ4v) is 3.43. The van der Waals surface area contributed by atoms with Gasteiger partial charge < -0.3 is 10.1 Å². The summed E-state index contributed by atoms with van der Waals surface area (Å²) in [6.07, 6.45) is 0.238. The van der Waals surface area contributed by atoms with Crippen molar-refractivity contribution in [2.45, 2.75) is 13.3 Å². The molecule has 6 heteroatoms. The number of aromatic nitrogens is 1. The van der Waals surface area contributed by atoms with Crippen molar-refractivity contribution in [1.82, 2.24) is 4.98 Å². The normalized spacial score (nSPS) is 10.5. The number of thiazole rings is 1. The Bertz CT molecular complexity index is 891. The van der Waals surface area contributed by atoms with Crippen LogP contribution in [-0.4, -0.2) is 18.0 Å². The number of nitrogens with zero attached hydrogens (tertiary/aromatic N) is 1. The molecule has 0 aliphatic heterocycles. The van der Waals surface area contributed by atoms with Crippen molar-refractivity contribution < 1.29 is 13.9 Å². The molecule has 3 rings (SSSR count). The fraction of sp³-hybridized carbons (Fsp3) is 0.158. The Balaban J connectivity index is 1.72. The molecule has 0 saturated heterocycles. The van der Waals surface area contributed by atoms with Crippen LogP contribution in [0, 0.1) is 12.7 Å². The van der Waals surface area contributed by atoms with Gasteiger partial charge in [-0.2, -0.15) is 0 Å². The molecule has 25 heavy (non-hydrogen) atoms. The second kappa shape index (κ2) is 7.44. The average molecular weight is 356 g/mol. The summed E-state index contributed by atoms with van der Waals surface area (Å²) in [4.78, 5) is 17.7. The smallest absolute Gasteiger partial charge is 0.229 e. The van der Waals surface area contributed by atoms with Crippen LogP contribution in [0.15, 0.2) is 48.5 Å². The summed E-state index contributed by atoms with van der Waals surface area (Å²) < 4.78 is 18.2. The van der Waals surface area contributed by atoms with Gasteiger partial charge in [-0.1, -0.05) is 6.07 Å². The number of amides is 1. The molecule has 3 aromatic rings. The number of ether oxygens (including phenoxy) is 1. The van der Waals surface area contributed by atoms with Gasteiger partial charge in [0.25, 0.3) is 0 Å². The van der Waals surface area contributed by atoms with Crippen LogP contribution >= 0.6 is 11.3 Å². The van der Waals surface area contributed by atoms with E-state index < -0.39 is 0 Å². The van der Waals surface area contributed by atoms with Gasteiger partial charge >= 0.3 is 0 Å². The SMILES string of the molecule is COc1cccc(NC(=O)Cc2sc(-c3ccc(F)cc3)nc2C)c1. The van der Waals surface area contributed by atoms with E-state index in [0.717, 1.165) is 21.1 Å². The molecule has 128 valence electrons. The number of nitrogens with one attached hydrogen (secondary N) is 1. The Kier molecular flexibility index (Phi) is 5.09. The third kappa shape index (κ3) is 4.22. The van der Waals surface area contributed by atoms with Gasteiger partial charge in [0, 0.05) is 22.2 Å². The summed E-state index contributed by atoms with van der Waals surface area (Å²) in [6, 6.07) is 13.4. The lowest BCUT2D eigenvalue weighted by atomic mass is 10.2. The highest BCUT2D eigenvalue weighted by Gasteiger charge is 2.13. The molecule has 0 saturated carbocycles. The van der Waals surface area contributed by atoms with E-state index in [1.165, 1.54) is 23.5 Å². The summed E-state index contributed by atoms with van der Waals surface area (Å²) in [5.74, 6) is 0.283. The first kappa shape index (κ1) is 17.1. The predicted molar refractivity (Wildman–Crippen MR) is 97.6 cm³/mol. The Morgan fingerprint density at radius 3 is 2.72 bits per heavy atom. The van der Waals surface area contributed by atoms with E-state index in [9.17, 15) is 9.18 Å². The minimum Gasteiger partial charge on any atom is -0.497 e. The van der Waals surface area contributed by atoms with Gasteiger partial charge in [-0.3, -0.25) is 4.79 Å². The molecule has 0 spiro atoms. The number of carbonyl (C=O) groups excluding carboxylic acids is 1. The Morgan fingerprint density at radius 2 is 2.00 bits per heavy atom. The number of halogens is 1. The number of anilines is 1. The lowest BCUT2D eigenvalue weighted by Crippen LogP contribution is -2.14. The van der Waals surface area contributed by atoms with Crippen LogP contribution in [0.5, 0.6) is 5.75 Å². The van der Waals surface area contributed by atoms with Crippen LogP contribution in [0.25, 0.3) is 10.6 Å². The highest BCUT2D eigenvalue weighted by molar-refractivity contribution is 7.15. The average Bonchev–Trinajstić information content (AvgIpc) is 2.96. The van der Waals surface area contributed by atoms with Crippen molar-refractivity contribution in [3.05, 3.63) is 64.9 Å². The molecule has 0 fully saturated rings. The number of methoxy groups -OCH3 is 1. The van der Waals surface area contributed by atoms with Gasteiger partial charge in [-0.15, -0.1) is 11.3 Å². The zero-order chi connectivity index (χ0) is 17.8. The Hall–Kier alpha value is -2.73. The van der Waals surface area contributed by atoms with Gasteiger partial charge in [-0.25, -0.2) is 9.37 Å². The van der Waals surface area contributed by atoms with Gasteiger partial charge in [0.05, 0.1) is 19.2 Å². The van der Waals surface area contributed by atoms with Crippen molar-refractivity contribution >= 4 is 22.9 Å².